The molecule has 0 fully saturated rings. The van der Waals surface area contributed by atoms with E-state index in [0.29, 0.717) is 19.4 Å². The zero-order valence-corrected chi connectivity index (χ0v) is 20.3. The quantitative estimate of drug-likeness (QED) is 0.116. The lowest BCUT2D eigenvalue weighted by molar-refractivity contribution is -0.141. The summed E-state index contributed by atoms with van der Waals surface area (Å²) >= 11 is 0. The Morgan fingerprint density at radius 3 is 1.88 bits per heavy atom. The number of amides is 1. The number of carbonyl (C=O) groups is 2. The van der Waals surface area contributed by atoms with Gasteiger partial charge in [-0.05, 0) is 38.6 Å². The van der Waals surface area contributed by atoms with Gasteiger partial charge in [0, 0.05) is 6.08 Å². The highest BCUT2D eigenvalue weighted by Gasteiger charge is 2.17. The molecule has 0 bridgehead atoms. The van der Waals surface area contributed by atoms with Gasteiger partial charge in [0.2, 0.25) is 5.91 Å². The minimum Gasteiger partial charge on any atom is -0.480 e. The molecule has 0 spiro atoms. The maximum absolute atomic E-state index is 11.8. The lowest BCUT2D eigenvalue weighted by Crippen LogP contribution is -2.39. The van der Waals surface area contributed by atoms with E-state index in [-0.39, 0.29) is 0 Å². The van der Waals surface area contributed by atoms with Crippen molar-refractivity contribution < 1.29 is 14.7 Å². The van der Waals surface area contributed by atoms with Gasteiger partial charge in [-0.2, -0.15) is 0 Å². The molecule has 0 saturated heterocycles. The first kappa shape index (κ1) is 30.3. The van der Waals surface area contributed by atoms with E-state index < -0.39 is 17.9 Å². The third kappa shape index (κ3) is 22.3. The Bertz CT molecular complexity index is 673. The highest BCUT2D eigenvalue weighted by molar-refractivity contribution is 5.91. The zero-order valence-electron chi connectivity index (χ0n) is 20.3. The van der Waals surface area contributed by atoms with Gasteiger partial charge in [-0.1, -0.05) is 112 Å². The van der Waals surface area contributed by atoms with Crippen LogP contribution in [0.25, 0.3) is 0 Å². The van der Waals surface area contributed by atoms with Crippen molar-refractivity contribution in [3.63, 3.8) is 0 Å². The average molecular weight is 457 g/mol. The van der Waals surface area contributed by atoms with E-state index >= 15 is 0 Å². The van der Waals surface area contributed by atoms with Crippen LogP contribution < -0.4 is 11.1 Å². The number of hydrogen-bond donors (Lipinski definition) is 3. The molecular weight excluding hydrogens is 412 g/mol. The smallest absolute Gasteiger partial charge is 0.326 e. The predicted molar refractivity (Wildman–Crippen MR) is 140 cm³/mol. The first-order valence-electron chi connectivity index (χ1n) is 12.3. The Hall–Kier alpha value is -2.66. The molecule has 1 atom stereocenters. The number of rotatable bonds is 20. The van der Waals surface area contributed by atoms with Crippen molar-refractivity contribution in [2.24, 2.45) is 5.73 Å². The number of unbranched alkanes of at least 4 members (excludes halogenated alkanes) is 8. The number of allylic oxidation sites excluding steroid dienone is 11. The molecule has 0 unspecified atom stereocenters. The molecule has 0 aliphatic carbocycles. The van der Waals surface area contributed by atoms with Crippen molar-refractivity contribution in [2.75, 3.05) is 6.54 Å². The summed E-state index contributed by atoms with van der Waals surface area (Å²) < 4.78 is 0. The molecule has 4 N–H and O–H groups in total. The van der Waals surface area contributed by atoms with Crippen molar-refractivity contribution in [3.8, 4) is 0 Å². The first-order chi connectivity index (χ1) is 16.1. The van der Waals surface area contributed by atoms with Gasteiger partial charge in [0.15, 0.2) is 0 Å². The van der Waals surface area contributed by atoms with Crippen LogP contribution in [0.2, 0.25) is 0 Å². The summed E-state index contributed by atoms with van der Waals surface area (Å²) in [6.45, 7) is 2.76. The maximum Gasteiger partial charge on any atom is 0.326 e. The molecule has 5 nitrogen and oxygen atoms in total. The number of carboxylic acid groups (broad SMARTS) is 1. The lowest BCUT2D eigenvalue weighted by Gasteiger charge is -2.12. The van der Waals surface area contributed by atoms with E-state index in [0.717, 1.165) is 12.8 Å². The summed E-state index contributed by atoms with van der Waals surface area (Å²) in [4.78, 5) is 23.0. The van der Waals surface area contributed by atoms with Crippen LogP contribution in [0.4, 0.5) is 0 Å². The lowest BCUT2D eigenvalue weighted by atomic mass is 10.1. The highest BCUT2D eigenvalue weighted by atomic mass is 16.4. The Labute approximate surface area is 200 Å². The largest absolute Gasteiger partial charge is 0.480 e. The van der Waals surface area contributed by atoms with Gasteiger partial charge >= 0.3 is 5.97 Å². The molecule has 0 aromatic rings. The van der Waals surface area contributed by atoms with Gasteiger partial charge in [0.1, 0.15) is 6.04 Å². The third-order valence-corrected chi connectivity index (χ3v) is 4.92. The summed E-state index contributed by atoms with van der Waals surface area (Å²) in [6.07, 6.45) is 34.7. The molecule has 0 aliphatic heterocycles. The summed E-state index contributed by atoms with van der Waals surface area (Å²) in [6, 6.07) is -0.883. The molecule has 184 valence electrons. The Kier molecular flexibility index (Phi) is 22.1. The molecule has 0 saturated carbocycles. The third-order valence-electron chi connectivity index (χ3n) is 4.92. The number of carbonyl (C=O) groups excluding carboxylic acids is 1. The second kappa shape index (κ2) is 24.0. The average Bonchev–Trinajstić information content (AvgIpc) is 2.80. The number of nitrogens with two attached hydrogens (primary N) is 1. The number of hydrogen-bond acceptors (Lipinski definition) is 3. The van der Waals surface area contributed by atoms with E-state index in [1.165, 1.54) is 51.0 Å². The van der Waals surface area contributed by atoms with E-state index in [2.05, 4.69) is 24.4 Å². The zero-order chi connectivity index (χ0) is 24.4. The van der Waals surface area contributed by atoms with Crippen molar-refractivity contribution in [3.05, 3.63) is 72.9 Å². The fraction of sp³-hybridized carbons (Fsp3) is 0.500. The van der Waals surface area contributed by atoms with E-state index in [1.807, 2.05) is 36.5 Å². The van der Waals surface area contributed by atoms with Gasteiger partial charge in [0.05, 0.1) is 0 Å². The topological polar surface area (TPSA) is 92.4 Å². The Balaban J connectivity index is 3.95. The molecule has 0 aromatic carbocycles. The van der Waals surface area contributed by atoms with Gasteiger partial charge in [0.25, 0.3) is 0 Å². The van der Waals surface area contributed by atoms with E-state index in [4.69, 9.17) is 10.8 Å². The summed E-state index contributed by atoms with van der Waals surface area (Å²) in [5.41, 5.74) is 5.41. The molecule has 0 rings (SSSR count). The van der Waals surface area contributed by atoms with Crippen LogP contribution in [-0.2, 0) is 9.59 Å². The fourth-order valence-electron chi connectivity index (χ4n) is 3.02. The van der Waals surface area contributed by atoms with Crippen molar-refractivity contribution in [1.29, 1.82) is 0 Å². The van der Waals surface area contributed by atoms with E-state index in [9.17, 15) is 9.59 Å². The predicted octanol–water partition coefficient (Wildman–Crippen LogP) is 6.16. The second-order valence-electron chi connectivity index (χ2n) is 7.92. The van der Waals surface area contributed by atoms with E-state index in [1.54, 1.807) is 18.2 Å². The molecular formula is C28H44N2O3. The first-order valence-corrected chi connectivity index (χ1v) is 12.3. The number of carboxylic acids is 1. The number of nitrogens with one attached hydrogen (secondary N) is 1. The SMILES string of the molecule is CCCCCCCCCC=CC=CC=CC=CC=CC=CC(=O)N[C@@H](CCCCN)C(=O)O. The van der Waals surface area contributed by atoms with Crippen LogP contribution in [0, 0.1) is 0 Å². The molecule has 0 aromatic heterocycles. The Morgan fingerprint density at radius 2 is 1.30 bits per heavy atom. The minimum atomic E-state index is -1.03. The molecule has 5 heteroatoms. The molecule has 0 heterocycles. The van der Waals surface area contributed by atoms with Crippen molar-refractivity contribution in [2.45, 2.75) is 83.6 Å². The monoisotopic (exact) mass is 456 g/mol. The molecule has 1 amide bonds. The summed E-state index contributed by atoms with van der Waals surface area (Å²) in [7, 11) is 0. The van der Waals surface area contributed by atoms with Gasteiger partial charge < -0.3 is 16.2 Å². The van der Waals surface area contributed by atoms with Crippen LogP contribution in [0.15, 0.2) is 72.9 Å². The standard InChI is InChI=1S/C28H44N2O3/c1-2-3-4-5-6-7-8-9-10-11-12-13-14-15-16-17-18-19-20-24-27(31)30-26(28(32)33)23-21-22-25-29/h10-20,24,26H,2-9,21-23,25,29H2,1H3,(H,30,31)(H,32,33)/t26-/m0/s1. The molecule has 33 heavy (non-hydrogen) atoms. The normalized spacial score (nSPS) is 13.5. The maximum atomic E-state index is 11.8. The van der Waals surface area contributed by atoms with Gasteiger partial charge in [-0.25, -0.2) is 4.79 Å². The summed E-state index contributed by atoms with van der Waals surface area (Å²) in [5, 5.41) is 11.6. The van der Waals surface area contributed by atoms with Gasteiger partial charge in [-0.15, -0.1) is 0 Å². The molecule has 0 radical (unpaired) electrons. The van der Waals surface area contributed by atoms with Crippen LogP contribution in [0.5, 0.6) is 0 Å². The minimum absolute atomic E-state index is 0.375. The molecule has 0 aliphatic rings. The van der Waals surface area contributed by atoms with Crippen LogP contribution in [0.1, 0.15) is 77.6 Å². The van der Waals surface area contributed by atoms with Crippen LogP contribution in [-0.4, -0.2) is 29.6 Å². The Morgan fingerprint density at radius 1 is 0.758 bits per heavy atom. The second-order valence-corrected chi connectivity index (χ2v) is 7.92. The van der Waals surface area contributed by atoms with Crippen molar-refractivity contribution >= 4 is 11.9 Å². The fourth-order valence-corrected chi connectivity index (χ4v) is 3.02. The number of aliphatic carboxylic acids is 1. The van der Waals surface area contributed by atoms with Crippen LogP contribution >= 0.6 is 0 Å². The highest BCUT2D eigenvalue weighted by Crippen LogP contribution is 2.08. The van der Waals surface area contributed by atoms with Crippen molar-refractivity contribution in [1.82, 2.24) is 5.32 Å². The van der Waals surface area contributed by atoms with Crippen LogP contribution in [0.3, 0.4) is 0 Å². The summed E-state index contributed by atoms with van der Waals surface area (Å²) in [5.74, 6) is -1.45. The van der Waals surface area contributed by atoms with Gasteiger partial charge in [-0.3, -0.25) is 4.79 Å².